The Kier molecular flexibility index (Phi) is 41.6. The molecule has 0 spiro atoms. The van der Waals surface area contributed by atoms with Gasteiger partial charge in [0, 0.05) is 12.8 Å². The highest BCUT2D eigenvalue weighted by Gasteiger charge is 2.25. The normalized spacial score (nSPS) is 13.6. The number of nitrogens with zero attached hydrogens (tertiary/aromatic N) is 1. The molecule has 9 nitrogen and oxygen atoms in total. The fraction of sp³-hybridized carbons (Fsp3) is 0.679. The SMILES string of the molecule is CC/C=C\C/C=C\C/C=C\C/C=C\C/C=C\C/C=C\CCC(=O)OC(COC(=O)CCCCCCCCC/C=C\CCCCCCCCC)COC(OCC[N+](C)(C)C)C(=O)O. The number of likely N-dealkylation sites (N-methyl/N-ethyl adjacent to an activating group) is 1. The Morgan fingerprint density at radius 3 is 1.44 bits per heavy atom. The van der Waals surface area contributed by atoms with Crippen LogP contribution in [0.25, 0.3) is 0 Å². The Balaban J connectivity index is 4.53. The number of esters is 2. The van der Waals surface area contributed by atoms with Gasteiger partial charge in [-0.05, 0) is 77.0 Å². The second-order valence-corrected chi connectivity index (χ2v) is 17.0. The van der Waals surface area contributed by atoms with E-state index in [9.17, 15) is 19.5 Å². The number of hydrogen-bond donors (Lipinski definition) is 1. The van der Waals surface area contributed by atoms with Crippen LogP contribution in [0.1, 0.15) is 174 Å². The van der Waals surface area contributed by atoms with Gasteiger partial charge >= 0.3 is 17.9 Å². The van der Waals surface area contributed by atoms with Crippen LogP contribution < -0.4 is 0 Å². The summed E-state index contributed by atoms with van der Waals surface area (Å²) in [5.41, 5.74) is 0. The lowest BCUT2D eigenvalue weighted by Gasteiger charge is -2.25. The van der Waals surface area contributed by atoms with Crippen LogP contribution in [0, 0.1) is 0 Å². The molecule has 0 aliphatic rings. The third kappa shape index (κ3) is 44.5. The molecule has 0 fully saturated rings. The van der Waals surface area contributed by atoms with Crippen LogP contribution in [-0.2, 0) is 33.3 Å². The molecule has 2 unspecified atom stereocenters. The number of carboxylic acids is 1. The number of allylic oxidation sites excluding steroid dienone is 14. The maximum atomic E-state index is 12.8. The van der Waals surface area contributed by atoms with Gasteiger partial charge in [-0.3, -0.25) is 9.59 Å². The summed E-state index contributed by atoms with van der Waals surface area (Å²) in [5.74, 6) is -2.13. The zero-order valence-corrected chi connectivity index (χ0v) is 40.0. The van der Waals surface area contributed by atoms with E-state index in [1.54, 1.807) is 0 Å². The molecule has 0 saturated carbocycles. The maximum absolute atomic E-state index is 12.8. The van der Waals surface area contributed by atoms with Gasteiger partial charge in [0.2, 0.25) is 0 Å². The molecule has 62 heavy (non-hydrogen) atoms. The van der Waals surface area contributed by atoms with Crippen LogP contribution in [0.15, 0.2) is 85.1 Å². The van der Waals surface area contributed by atoms with Crippen molar-refractivity contribution >= 4 is 17.9 Å². The number of rotatable bonds is 43. The number of carboxylic acid groups (broad SMARTS) is 1. The standard InChI is InChI=1S/C53H89NO8/c1-6-8-10-12-14-16-18-20-22-24-26-28-30-32-34-36-38-40-42-44-51(56)62-49(48-61-53(52(57)58)59-46-45-54(3,4)5)47-60-50(55)43-41-39-37-35-33-31-29-27-25-23-21-19-17-15-13-11-9-7-2/h8,10,14,16,20,22-23,25-26,28,32,34,38,40,49,53H,6-7,9,11-13,15,17-19,21,24,27,29-31,33,35-37,39,41-48H2,1-5H3/p+1/b10-8-,16-14-,22-20-,25-23-,28-26-,34-32-,40-38-. The van der Waals surface area contributed by atoms with Crippen molar-refractivity contribution in [2.45, 2.75) is 187 Å². The molecule has 0 heterocycles. The first-order valence-corrected chi connectivity index (χ1v) is 24.3. The molecule has 9 heteroatoms. The molecular weight excluding hydrogens is 779 g/mol. The van der Waals surface area contributed by atoms with Gasteiger partial charge < -0.3 is 28.5 Å². The van der Waals surface area contributed by atoms with Gasteiger partial charge in [-0.2, -0.15) is 0 Å². The van der Waals surface area contributed by atoms with Gasteiger partial charge in [-0.25, -0.2) is 4.79 Å². The molecule has 2 atom stereocenters. The molecule has 0 saturated heterocycles. The van der Waals surface area contributed by atoms with Gasteiger partial charge in [-0.1, -0.05) is 170 Å². The zero-order valence-electron chi connectivity index (χ0n) is 40.0. The molecule has 0 aliphatic carbocycles. The highest BCUT2D eigenvalue weighted by Crippen LogP contribution is 2.13. The van der Waals surface area contributed by atoms with E-state index >= 15 is 0 Å². The lowest BCUT2D eigenvalue weighted by atomic mass is 10.1. The molecule has 0 radical (unpaired) electrons. The van der Waals surface area contributed by atoms with Crippen molar-refractivity contribution in [1.82, 2.24) is 0 Å². The Bertz CT molecular complexity index is 1290. The predicted molar refractivity (Wildman–Crippen MR) is 258 cm³/mol. The van der Waals surface area contributed by atoms with E-state index < -0.39 is 24.3 Å². The van der Waals surface area contributed by atoms with Gasteiger partial charge in [-0.15, -0.1) is 0 Å². The molecule has 0 aromatic rings. The van der Waals surface area contributed by atoms with E-state index in [1.165, 1.54) is 70.6 Å². The van der Waals surface area contributed by atoms with Crippen LogP contribution in [0.3, 0.4) is 0 Å². The number of unbranched alkanes of at least 4 members (excludes halogenated alkanes) is 14. The monoisotopic (exact) mass is 869 g/mol. The molecule has 0 rings (SSSR count). The highest BCUT2D eigenvalue weighted by atomic mass is 16.7. The summed E-state index contributed by atoms with van der Waals surface area (Å²) in [4.78, 5) is 37.2. The van der Waals surface area contributed by atoms with Crippen molar-refractivity contribution in [3.8, 4) is 0 Å². The van der Waals surface area contributed by atoms with Gasteiger partial charge in [0.25, 0.3) is 6.29 Å². The Morgan fingerprint density at radius 2 is 0.952 bits per heavy atom. The molecule has 0 amide bonds. The quantitative estimate of drug-likeness (QED) is 0.0212. The van der Waals surface area contributed by atoms with Crippen LogP contribution in [-0.4, -0.2) is 87.4 Å². The first-order valence-electron chi connectivity index (χ1n) is 24.3. The van der Waals surface area contributed by atoms with E-state index in [0.29, 0.717) is 17.4 Å². The molecule has 1 N–H and O–H groups in total. The second kappa shape index (κ2) is 44.1. The van der Waals surface area contributed by atoms with E-state index in [-0.39, 0.29) is 38.6 Å². The van der Waals surface area contributed by atoms with E-state index in [1.807, 2.05) is 33.3 Å². The fourth-order valence-corrected chi connectivity index (χ4v) is 6.15. The third-order valence-electron chi connectivity index (χ3n) is 9.90. The second-order valence-electron chi connectivity index (χ2n) is 17.0. The fourth-order valence-electron chi connectivity index (χ4n) is 6.15. The average molecular weight is 869 g/mol. The van der Waals surface area contributed by atoms with Gasteiger partial charge in [0.15, 0.2) is 6.10 Å². The smallest absolute Gasteiger partial charge is 0.361 e. The lowest BCUT2D eigenvalue weighted by molar-refractivity contribution is -0.870. The van der Waals surface area contributed by atoms with Crippen LogP contribution >= 0.6 is 0 Å². The van der Waals surface area contributed by atoms with Gasteiger partial charge in [0.05, 0.1) is 34.4 Å². The first kappa shape index (κ1) is 58.5. The van der Waals surface area contributed by atoms with Crippen molar-refractivity contribution < 1.29 is 42.9 Å². The van der Waals surface area contributed by atoms with Crippen molar-refractivity contribution in [3.63, 3.8) is 0 Å². The maximum Gasteiger partial charge on any atom is 0.361 e. The summed E-state index contributed by atoms with van der Waals surface area (Å²) in [5, 5.41) is 9.65. The van der Waals surface area contributed by atoms with Crippen LogP contribution in [0.5, 0.6) is 0 Å². The van der Waals surface area contributed by atoms with Crippen molar-refractivity contribution in [2.24, 2.45) is 0 Å². The van der Waals surface area contributed by atoms with Crippen molar-refractivity contribution in [2.75, 3.05) is 47.5 Å². The van der Waals surface area contributed by atoms with E-state index in [0.717, 1.165) is 70.6 Å². The van der Waals surface area contributed by atoms with E-state index in [4.69, 9.17) is 18.9 Å². The predicted octanol–water partition coefficient (Wildman–Crippen LogP) is 13.3. The number of quaternary nitrogens is 1. The molecule has 0 aliphatic heterocycles. The molecule has 0 bridgehead atoms. The minimum absolute atomic E-state index is 0.130. The summed E-state index contributed by atoms with van der Waals surface area (Å²) in [7, 11) is 5.93. The molecule has 0 aromatic heterocycles. The number of aliphatic carboxylic acids is 1. The lowest BCUT2D eigenvalue weighted by Crippen LogP contribution is -2.40. The van der Waals surface area contributed by atoms with Crippen LogP contribution in [0.2, 0.25) is 0 Å². The highest BCUT2D eigenvalue weighted by molar-refractivity contribution is 5.71. The zero-order chi connectivity index (χ0) is 45.6. The van der Waals surface area contributed by atoms with E-state index in [2.05, 4.69) is 86.8 Å². The average Bonchev–Trinajstić information content (AvgIpc) is 3.23. The number of ether oxygens (including phenoxy) is 4. The van der Waals surface area contributed by atoms with Gasteiger partial charge in [0.1, 0.15) is 13.2 Å². The first-order chi connectivity index (χ1) is 30.1. The third-order valence-corrected chi connectivity index (χ3v) is 9.90. The molecule has 354 valence electrons. The Labute approximate surface area is 379 Å². The Morgan fingerprint density at radius 1 is 0.500 bits per heavy atom. The molecular formula is C53H90NO8+. The summed E-state index contributed by atoms with van der Waals surface area (Å²) in [6.07, 6.45) is 53.7. The number of carbonyl (C=O) groups is 3. The van der Waals surface area contributed by atoms with Crippen molar-refractivity contribution in [3.05, 3.63) is 85.1 Å². The Hall–Kier alpha value is -3.53. The topological polar surface area (TPSA) is 108 Å². The number of carbonyl (C=O) groups excluding carboxylic acids is 2. The summed E-state index contributed by atoms with van der Waals surface area (Å²) in [6.45, 7) is 4.65. The summed E-state index contributed by atoms with van der Waals surface area (Å²) >= 11 is 0. The minimum atomic E-state index is -1.53. The van der Waals surface area contributed by atoms with Crippen LogP contribution in [0.4, 0.5) is 0 Å². The van der Waals surface area contributed by atoms with Crippen molar-refractivity contribution in [1.29, 1.82) is 0 Å². The number of hydrogen-bond acceptors (Lipinski definition) is 7. The molecule has 0 aromatic carbocycles. The minimum Gasteiger partial charge on any atom is -0.477 e. The summed E-state index contributed by atoms with van der Waals surface area (Å²) < 4.78 is 22.7. The largest absolute Gasteiger partial charge is 0.477 e. The summed E-state index contributed by atoms with van der Waals surface area (Å²) in [6, 6.07) is 0.